The van der Waals surface area contributed by atoms with Gasteiger partial charge in [0.2, 0.25) is 0 Å². The van der Waals surface area contributed by atoms with Gasteiger partial charge in [0.05, 0.1) is 0 Å². The fourth-order valence-electron chi connectivity index (χ4n) is 4.33. The third-order valence-corrected chi connectivity index (χ3v) is 5.79. The zero-order chi connectivity index (χ0) is 20.1. The summed E-state index contributed by atoms with van der Waals surface area (Å²) >= 11 is 0. The van der Waals surface area contributed by atoms with E-state index in [4.69, 9.17) is 0 Å². The molecule has 4 N–H and O–H groups in total. The Morgan fingerprint density at radius 3 is 2.00 bits per heavy atom. The summed E-state index contributed by atoms with van der Waals surface area (Å²) in [7, 11) is 0. The summed E-state index contributed by atoms with van der Waals surface area (Å²) in [6.07, 6.45) is 9.68. The topological polar surface area (TPSA) is 63.2 Å². The number of nitrogens with one attached hydrogen (secondary N) is 4. The molecule has 30 heavy (non-hydrogen) atoms. The molecule has 0 radical (unpaired) electrons. The molecule has 0 atom stereocenters. The van der Waals surface area contributed by atoms with Gasteiger partial charge >= 0.3 is 0 Å². The van der Waals surface area contributed by atoms with E-state index in [0.717, 1.165) is 50.6 Å². The Hall–Kier alpha value is -3.92. The van der Waals surface area contributed by atoms with E-state index in [1.165, 1.54) is 16.3 Å². The second-order valence-corrected chi connectivity index (χ2v) is 7.83. The summed E-state index contributed by atoms with van der Waals surface area (Å²) < 4.78 is 0. The highest BCUT2D eigenvalue weighted by Crippen LogP contribution is 2.23. The SMILES string of the molecule is CCc1cc2[nH]c1=Cc1ccc([nH]1)C=c1ccc([nH]1)=Cc1[nH]c(c3ccccc13)C=2. The Labute approximate surface area is 173 Å². The molecule has 5 heterocycles. The largest absolute Gasteiger partial charge is 0.355 e. The number of H-pyrrole nitrogens is 4. The maximum Gasteiger partial charge on any atom is 0.0485 e. The lowest BCUT2D eigenvalue weighted by Crippen LogP contribution is -2.12. The Balaban J connectivity index is 1.72. The molecule has 6 rings (SSSR count). The van der Waals surface area contributed by atoms with Crippen molar-refractivity contribution >= 4 is 35.1 Å². The van der Waals surface area contributed by atoms with Crippen molar-refractivity contribution in [2.75, 3.05) is 0 Å². The van der Waals surface area contributed by atoms with Crippen LogP contribution < -0.4 is 21.4 Å². The van der Waals surface area contributed by atoms with Crippen LogP contribution in [0.25, 0.3) is 35.1 Å². The maximum absolute atomic E-state index is 3.63. The normalized spacial score (nSPS) is 12.7. The molecular weight excluding hydrogens is 368 g/mol. The van der Waals surface area contributed by atoms with E-state index >= 15 is 0 Å². The molecule has 0 spiro atoms. The maximum atomic E-state index is 3.63. The van der Waals surface area contributed by atoms with Crippen LogP contribution in [0.3, 0.4) is 0 Å². The average Bonchev–Trinajstić information content (AvgIpc) is 3.52. The smallest absolute Gasteiger partial charge is 0.0485 e. The molecule has 0 saturated heterocycles. The summed E-state index contributed by atoms with van der Waals surface area (Å²) in [6.45, 7) is 2.19. The lowest BCUT2D eigenvalue weighted by Gasteiger charge is -1.90. The number of aryl methyl sites for hydroxylation is 1. The van der Waals surface area contributed by atoms with Crippen LogP contribution in [0.2, 0.25) is 0 Å². The predicted molar refractivity (Wildman–Crippen MR) is 123 cm³/mol. The summed E-state index contributed by atoms with van der Waals surface area (Å²) in [5.41, 5.74) is 5.68. The highest BCUT2D eigenvalue weighted by molar-refractivity contribution is 5.95. The number of hydrogen-bond acceptors (Lipinski definition) is 0. The minimum absolute atomic E-state index is 0.978. The molecule has 5 aromatic rings. The van der Waals surface area contributed by atoms with Crippen LogP contribution in [0.4, 0.5) is 0 Å². The highest BCUT2D eigenvalue weighted by atomic mass is 14.8. The van der Waals surface area contributed by atoms with E-state index in [1.54, 1.807) is 0 Å². The number of rotatable bonds is 1. The van der Waals surface area contributed by atoms with Crippen molar-refractivity contribution in [1.29, 1.82) is 0 Å². The third kappa shape index (κ3) is 2.85. The van der Waals surface area contributed by atoms with Crippen molar-refractivity contribution in [3.8, 4) is 0 Å². The van der Waals surface area contributed by atoms with Crippen molar-refractivity contribution in [1.82, 2.24) is 19.9 Å². The third-order valence-electron chi connectivity index (χ3n) is 5.79. The molecule has 1 aliphatic heterocycles. The summed E-state index contributed by atoms with van der Waals surface area (Å²) in [6, 6.07) is 19.2. The van der Waals surface area contributed by atoms with E-state index in [2.05, 4.69) is 106 Å². The second-order valence-electron chi connectivity index (χ2n) is 7.83. The molecule has 146 valence electrons. The first kappa shape index (κ1) is 17.0. The lowest BCUT2D eigenvalue weighted by molar-refractivity contribution is 1.11. The van der Waals surface area contributed by atoms with Crippen LogP contribution in [-0.2, 0) is 6.42 Å². The van der Waals surface area contributed by atoms with Crippen molar-refractivity contribution in [2.24, 2.45) is 0 Å². The van der Waals surface area contributed by atoms with Crippen LogP contribution in [0, 0.1) is 0 Å². The van der Waals surface area contributed by atoms with Crippen molar-refractivity contribution in [2.45, 2.75) is 13.3 Å². The highest BCUT2D eigenvalue weighted by Gasteiger charge is 2.07. The van der Waals surface area contributed by atoms with Gasteiger partial charge in [-0.25, -0.2) is 0 Å². The first-order chi connectivity index (χ1) is 14.7. The van der Waals surface area contributed by atoms with Gasteiger partial charge in [0.25, 0.3) is 0 Å². The summed E-state index contributed by atoms with van der Waals surface area (Å²) in [5, 5.41) is 6.83. The summed E-state index contributed by atoms with van der Waals surface area (Å²) in [5.74, 6) is 0. The number of aromatic amines is 4. The number of benzene rings is 1. The van der Waals surface area contributed by atoms with Gasteiger partial charge in [-0.1, -0.05) is 31.2 Å². The molecule has 0 saturated carbocycles. The van der Waals surface area contributed by atoms with Gasteiger partial charge in [-0.05, 0) is 66.6 Å². The molecule has 0 aliphatic carbocycles. The molecule has 0 fully saturated rings. The number of aromatic nitrogens is 4. The zero-order valence-corrected chi connectivity index (χ0v) is 16.7. The fourth-order valence-corrected chi connectivity index (χ4v) is 4.33. The van der Waals surface area contributed by atoms with Crippen LogP contribution in [-0.4, -0.2) is 19.9 Å². The molecule has 4 aromatic heterocycles. The van der Waals surface area contributed by atoms with Gasteiger partial charge in [0, 0.05) is 54.9 Å². The molecule has 0 unspecified atom stereocenters. The fraction of sp³-hybridized carbons (Fsp3) is 0.0769. The van der Waals surface area contributed by atoms with Crippen LogP contribution >= 0.6 is 0 Å². The molecule has 0 amide bonds. The van der Waals surface area contributed by atoms with Gasteiger partial charge in [0.1, 0.15) is 0 Å². The number of hydrogen-bond donors (Lipinski definition) is 4. The minimum atomic E-state index is 0.978. The molecule has 8 bridgehead atoms. The van der Waals surface area contributed by atoms with E-state index < -0.39 is 0 Å². The van der Waals surface area contributed by atoms with Crippen LogP contribution in [0.15, 0.2) is 54.6 Å². The van der Waals surface area contributed by atoms with Crippen molar-refractivity contribution in [3.63, 3.8) is 0 Å². The Morgan fingerprint density at radius 2 is 1.27 bits per heavy atom. The number of fused-ring (bicyclic) bond motifs is 11. The monoisotopic (exact) mass is 390 g/mol. The van der Waals surface area contributed by atoms with E-state index in [0.29, 0.717) is 0 Å². The molecular formula is C26H22N4. The average molecular weight is 390 g/mol. The molecule has 1 aromatic carbocycles. The Kier molecular flexibility index (Phi) is 3.71. The minimum Gasteiger partial charge on any atom is -0.355 e. The van der Waals surface area contributed by atoms with Crippen LogP contribution in [0.1, 0.15) is 35.3 Å². The zero-order valence-electron chi connectivity index (χ0n) is 16.7. The lowest BCUT2D eigenvalue weighted by atomic mass is 10.1. The van der Waals surface area contributed by atoms with Gasteiger partial charge in [-0.2, -0.15) is 0 Å². The Bertz CT molecular complexity index is 1630. The second kappa shape index (κ2) is 6.56. The standard InChI is InChI=1S/C26H22N4/c1-2-16-11-21-15-26-23-6-4-3-5-22(23)25(30-26)14-20-10-8-18(28-20)12-17-7-9-19(27-17)13-24(16)29-21/h3-15,27-30H,2H2,1H3. The quantitative estimate of drug-likeness (QED) is 0.333. The van der Waals surface area contributed by atoms with Crippen LogP contribution in [0.5, 0.6) is 0 Å². The van der Waals surface area contributed by atoms with E-state index in [1.807, 2.05) is 0 Å². The predicted octanol–water partition coefficient (Wildman–Crippen LogP) is 2.34. The van der Waals surface area contributed by atoms with Gasteiger partial charge in [0.15, 0.2) is 0 Å². The van der Waals surface area contributed by atoms with Crippen molar-refractivity contribution in [3.05, 3.63) is 104 Å². The summed E-state index contributed by atoms with van der Waals surface area (Å²) in [4.78, 5) is 14.2. The first-order valence-electron chi connectivity index (χ1n) is 10.3. The van der Waals surface area contributed by atoms with Gasteiger partial charge in [-0.3, -0.25) is 0 Å². The van der Waals surface area contributed by atoms with Gasteiger partial charge in [-0.15, -0.1) is 0 Å². The Morgan fingerprint density at radius 1 is 0.600 bits per heavy atom. The first-order valence-corrected chi connectivity index (χ1v) is 10.3. The molecule has 4 nitrogen and oxygen atoms in total. The van der Waals surface area contributed by atoms with E-state index in [-0.39, 0.29) is 0 Å². The molecule has 4 heteroatoms. The van der Waals surface area contributed by atoms with Crippen molar-refractivity contribution < 1.29 is 0 Å². The molecule has 1 aliphatic rings. The van der Waals surface area contributed by atoms with E-state index in [9.17, 15) is 0 Å². The van der Waals surface area contributed by atoms with Gasteiger partial charge < -0.3 is 19.9 Å².